The van der Waals surface area contributed by atoms with E-state index in [0.29, 0.717) is 24.3 Å². The van der Waals surface area contributed by atoms with E-state index in [1.54, 1.807) is 18.2 Å². The number of halogens is 2. The molecule has 1 aromatic carbocycles. The number of carbonyl (C=O) groups excluding carboxylic acids is 1. The fourth-order valence-corrected chi connectivity index (χ4v) is 2.17. The number of hydrogen-bond acceptors (Lipinski definition) is 4. The molecule has 0 aliphatic heterocycles. The van der Waals surface area contributed by atoms with Gasteiger partial charge in [0.25, 0.3) is 11.5 Å². The van der Waals surface area contributed by atoms with Gasteiger partial charge >= 0.3 is 0 Å². The lowest BCUT2D eigenvalue weighted by molar-refractivity contribution is 0.0955. The second kappa shape index (κ2) is 7.24. The first-order valence-electron chi connectivity index (χ1n) is 6.09. The van der Waals surface area contributed by atoms with Gasteiger partial charge in [0.1, 0.15) is 5.02 Å². The zero-order valence-electron chi connectivity index (χ0n) is 10.8. The molecule has 1 amide bonds. The van der Waals surface area contributed by atoms with Crippen LogP contribution in [0.15, 0.2) is 39.7 Å². The van der Waals surface area contributed by atoms with Crippen LogP contribution in [-0.2, 0) is 0 Å². The Bertz CT molecular complexity index is 705. The number of amides is 1. The van der Waals surface area contributed by atoms with Gasteiger partial charge in [-0.15, -0.1) is 0 Å². The summed E-state index contributed by atoms with van der Waals surface area (Å²) in [4.78, 5) is 23.1. The topological polar surface area (TPSA) is 86.9 Å². The Balaban J connectivity index is 1.83. The van der Waals surface area contributed by atoms with E-state index < -0.39 is 5.56 Å². The van der Waals surface area contributed by atoms with Crippen LogP contribution >= 0.6 is 27.5 Å². The normalized spacial score (nSPS) is 10.2. The summed E-state index contributed by atoms with van der Waals surface area (Å²) in [5, 5.41) is 11.6. The molecule has 2 aromatic rings. The standard InChI is InChI=1S/C13H12BrClN4O2/c14-9-3-1-2-8(6-9)12(20)17-5-4-16-10-7-18-19-13(21)11(10)15/h1-3,6-7H,4-5H2,(H,17,20)(H2,16,19,21). The molecule has 0 unspecified atom stereocenters. The summed E-state index contributed by atoms with van der Waals surface area (Å²) >= 11 is 9.12. The van der Waals surface area contributed by atoms with Crippen LogP contribution in [0.4, 0.5) is 5.69 Å². The predicted octanol–water partition coefficient (Wildman–Crippen LogP) is 2.03. The van der Waals surface area contributed by atoms with Crippen molar-refractivity contribution in [2.24, 2.45) is 0 Å². The molecular weight excluding hydrogens is 360 g/mol. The highest BCUT2D eigenvalue weighted by Gasteiger charge is 2.06. The number of carbonyl (C=O) groups is 1. The molecule has 0 saturated carbocycles. The first-order valence-corrected chi connectivity index (χ1v) is 7.26. The summed E-state index contributed by atoms with van der Waals surface area (Å²) in [5.41, 5.74) is 0.539. The third-order valence-corrected chi connectivity index (χ3v) is 3.48. The van der Waals surface area contributed by atoms with Gasteiger partial charge in [-0.3, -0.25) is 9.59 Å². The van der Waals surface area contributed by atoms with Crippen LogP contribution in [0.25, 0.3) is 0 Å². The summed E-state index contributed by atoms with van der Waals surface area (Å²) in [6.07, 6.45) is 1.42. The predicted molar refractivity (Wildman–Crippen MR) is 84.8 cm³/mol. The van der Waals surface area contributed by atoms with Gasteiger partial charge in [0.15, 0.2) is 0 Å². The molecule has 0 atom stereocenters. The lowest BCUT2D eigenvalue weighted by Gasteiger charge is -2.08. The van der Waals surface area contributed by atoms with Gasteiger partial charge in [-0.05, 0) is 18.2 Å². The Hall–Kier alpha value is -1.86. The van der Waals surface area contributed by atoms with E-state index in [1.807, 2.05) is 6.07 Å². The van der Waals surface area contributed by atoms with Crippen LogP contribution in [0, 0.1) is 0 Å². The van der Waals surface area contributed by atoms with Crippen molar-refractivity contribution in [1.82, 2.24) is 15.5 Å². The molecular formula is C13H12BrClN4O2. The minimum atomic E-state index is -0.458. The van der Waals surface area contributed by atoms with Crippen molar-refractivity contribution in [3.05, 3.63) is 55.9 Å². The lowest BCUT2D eigenvalue weighted by Crippen LogP contribution is -2.29. The molecule has 2 rings (SSSR count). The van der Waals surface area contributed by atoms with E-state index in [9.17, 15) is 9.59 Å². The summed E-state index contributed by atoms with van der Waals surface area (Å²) in [7, 11) is 0. The lowest BCUT2D eigenvalue weighted by atomic mass is 10.2. The molecule has 0 radical (unpaired) electrons. The third-order valence-electron chi connectivity index (χ3n) is 2.61. The highest BCUT2D eigenvalue weighted by molar-refractivity contribution is 9.10. The van der Waals surface area contributed by atoms with E-state index in [0.717, 1.165) is 4.47 Å². The van der Waals surface area contributed by atoms with Crippen molar-refractivity contribution >= 4 is 39.1 Å². The van der Waals surface area contributed by atoms with Crippen LogP contribution < -0.4 is 16.2 Å². The third kappa shape index (κ3) is 4.30. The van der Waals surface area contributed by atoms with Crippen molar-refractivity contribution in [3.8, 4) is 0 Å². The number of anilines is 1. The molecule has 0 bridgehead atoms. The van der Waals surface area contributed by atoms with Crippen LogP contribution in [0.1, 0.15) is 10.4 Å². The monoisotopic (exact) mass is 370 g/mol. The number of nitrogens with one attached hydrogen (secondary N) is 3. The van der Waals surface area contributed by atoms with Gasteiger partial charge < -0.3 is 10.6 Å². The largest absolute Gasteiger partial charge is 0.381 e. The minimum absolute atomic E-state index is 0.0447. The Morgan fingerprint density at radius 1 is 1.38 bits per heavy atom. The summed E-state index contributed by atoms with van der Waals surface area (Å²) in [6.45, 7) is 0.805. The molecule has 0 spiro atoms. The van der Waals surface area contributed by atoms with Crippen molar-refractivity contribution in [1.29, 1.82) is 0 Å². The molecule has 1 aromatic heterocycles. The van der Waals surface area contributed by atoms with E-state index in [2.05, 4.69) is 36.8 Å². The molecule has 8 heteroatoms. The number of benzene rings is 1. The van der Waals surface area contributed by atoms with Gasteiger partial charge in [-0.2, -0.15) is 5.10 Å². The Labute approximate surface area is 134 Å². The molecule has 0 aliphatic rings. The number of aromatic amines is 1. The Kier molecular flexibility index (Phi) is 5.35. The van der Waals surface area contributed by atoms with Gasteiger partial charge in [-0.25, -0.2) is 5.10 Å². The molecule has 3 N–H and O–H groups in total. The van der Waals surface area contributed by atoms with E-state index >= 15 is 0 Å². The maximum absolute atomic E-state index is 11.9. The maximum atomic E-state index is 11.9. The molecule has 110 valence electrons. The van der Waals surface area contributed by atoms with E-state index in [4.69, 9.17) is 11.6 Å². The Morgan fingerprint density at radius 2 is 2.19 bits per heavy atom. The first-order chi connectivity index (χ1) is 10.1. The summed E-state index contributed by atoms with van der Waals surface area (Å²) in [6, 6.07) is 7.10. The van der Waals surface area contributed by atoms with Crippen molar-refractivity contribution in [2.75, 3.05) is 18.4 Å². The zero-order chi connectivity index (χ0) is 15.2. The molecule has 1 heterocycles. The summed E-state index contributed by atoms with van der Waals surface area (Å²) < 4.78 is 0.842. The van der Waals surface area contributed by atoms with Crippen molar-refractivity contribution in [3.63, 3.8) is 0 Å². The molecule has 0 aliphatic carbocycles. The van der Waals surface area contributed by atoms with Crippen LogP contribution in [0.2, 0.25) is 5.02 Å². The molecule has 0 fully saturated rings. The number of hydrogen-bond donors (Lipinski definition) is 3. The second-order valence-electron chi connectivity index (χ2n) is 4.12. The van der Waals surface area contributed by atoms with E-state index in [1.165, 1.54) is 6.20 Å². The molecule has 0 saturated heterocycles. The van der Waals surface area contributed by atoms with Gasteiger partial charge in [0, 0.05) is 23.1 Å². The minimum Gasteiger partial charge on any atom is -0.381 e. The van der Waals surface area contributed by atoms with Crippen molar-refractivity contribution < 1.29 is 4.79 Å². The van der Waals surface area contributed by atoms with Gasteiger partial charge in [0.2, 0.25) is 0 Å². The van der Waals surface area contributed by atoms with Crippen LogP contribution in [0.5, 0.6) is 0 Å². The number of rotatable bonds is 5. The highest BCUT2D eigenvalue weighted by Crippen LogP contribution is 2.13. The Morgan fingerprint density at radius 3 is 2.95 bits per heavy atom. The smallest absolute Gasteiger partial charge is 0.285 e. The van der Waals surface area contributed by atoms with Gasteiger partial charge in [-0.1, -0.05) is 33.6 Å². The molecule has 21 heavy (non-hydrogen) atoms. The zero-order valence-corrected chi connectivity index (χ0v) is 13.2. The SMILES string of the molecule is O=C(NCCNc1cn[nH]c(=O)c1Cl)c1cccc(Br)c1. The highest BCUT2D eigenvalue weighted by atomic mass is 79.9. The van der Waals surface area contributed by atoms with Crippen LogP contribution in [-0.4, -0.2) is 29.2 Å². The first kappa shape index (κ1) is 15.5. The average molecular weight is 372 g/mol. The van der Waals surface area contributed by atoms with E-state index in [-0.39, 0.29) is 10.9 Å². The summed E-state index contributed by atoms with van der Waals surface area (Å²) in [5.74, 6) is -0.173. The van der Waals surface area contributed by atoms with Crippen LogP contribution in [0.3, 0.4) is 0 Å². The fourth-order valence-electron chi connectivity index (χ4n) is 1.61. The van der Waals surface area contributed by atoms with Gasteiger partial charge in [0.05, 0.1) is 11.9 Å². The second-order valence-corrected chi connectivity index (χ2v) is 5.41. The number of H-pyrrole nitrogens is 1. The van der Waals surface area contributed by atoms with Crippen molar-refractivity contribution in [2.45, 2.75) is 0 Å². The molecule has 6 nitrogen and oxygen atoms in total. The average Bonchev–Trinajstić information content (AvgIpc) is 2.47. The quantitative estimate of drug-likeness (QED) is 0.702. The fraction of sp³-hybridized carbons (Fsp3) is 0.154. The maximum Gasteiger partial charge on any atom is 0.285 e. The number of aromatic nitrogens is 2. The number of nitrogens with zero attached hydrogens (tertiary/aromatic N) is 1.